The Kier molecular flexibility index (Phi) is 36.4. The average molecular weight is 703 g/mol. The largest absolute Gasteiger partial charge is 0.462 e. The molecule has 0 aliphatic carbocycles. The number of hydrogen-bond donors (Lipinski definition) is 2. The molecule has 0 bridgehead atoms. The molecule has 0 amide bonds. The van der Waals surface area contributed by atoms with E-state index in [4.69, 9.17) is 9.47 Å². The Hall–Kier alpha value is -2.18. The summed E-state index contributed by atoms with van der Waals surface area (Å²) in [6.07, 6.45) is 43.4. The monoisotopic (exact) mass is 703 g/mol. The van der Waals surface area contributed by atoms with E-state index in [0.717, 1.165) is 38.0 Å². The van der Waals surface area contributed by atoms with Crippen LogP contribution in [0.1, 0.15) is 188 Å². The van der Waals surface area contributed by atoms with Crippen molar-refractivity contribution in [3.63, 3.8) is 0 Å². The molecule has 0 saturated heterocycles. The van der Waals surface area contributed by atoms with Crippen molar-refractivity contribution >= 4 is 11.9 Å². The van der Waals surface area contributed by atoms with Gasteiger partial charge in [-0.2, -0.15) is 0 Å². The summed E-state index contributed by atoms with van der Waals surface area (Å²) in [5.74, 6) is 0.175. The van der Waals surface area contributed by atoms with Crippen LogP contribution >= 0.6 is 0 Å². The Labute approximate surface area is 308 Å². The minimum Gasteiger partial charge on any atom is -0.462 e. The van der Waals surface area contributed by atoms with Gasteiger partial charge >= 0.3 is 11.9 Å². The van der Waals surface area contributed by atoms with Crippen molar-refractivity contribution in [3.05, 3.63) is 48.6 Å². The second kappa shape index (κ2) is 38.1. The number of aliphatic hydroxyl groups is 2. The summed E-state index contributed by atoms with van der Waals surface area (Å²) < 4.78 is 10.5. The van der Waals surface area contributed by atoms with Gasteiger partial charge in [0, 0.05) is 12.8 Å². The summed E-state index contributed by atoms with van der Waals surface area (Å²) in [5, 5.41) is 19.6. The fourth-order valence-electron chi connectivity index (χ4n) is 5.66. The Bertz CT molecular complexity index is 876. The molecule has 50 heavy (non-hydrogen) atoms. The number of ether oxygens (including phenoxy) is 2. The van der Waals surface area contributed by atoms with Crippen LogP contribution in [0, 0.1) is 5.92 Å². The van der Waals surface area contributed by atoms with Crippen molar-refractivity contribution in [2.24, 2.45) is 5.92 Å². The lowest BCUT2D eigenvalue weighted by atomic mass is 9.99. The van der Waals surface area contributed by atoms with Crippen LogP contribution in [0.15, 0.2) is 48.6 Å². The van der Waals surface area contributed by atoms with Gasteiger partial charge in [0.2, 0.25) is 0 Å². The number of carbonyl (C=O) groups is 2. The normalized spacial score (nSPS) is 13.9. The van der Waals surface area contributed by atoms with Gasteiger partial charge in [-0.05, 0) is 50.9 Å². The molecule has 0 aromatic rings. The number of unbranched alkanes of at least 4 members (excludes halogenated alkanes) is 17. The number of hydrogen-bond acceptors (Lipinski definition) is 6. The zero-order valence-corrected chi connectivity index (χ0v) is 32.7. The highest BCUT2D eigenvalue weighted by molar-refractivity contribution is 5.70. The molecule has 0 fully saturated rings. The number of rotatable bonds is 36. The van der Waals surface area contributed by atoms with Gasteiger partial charge in [-0.15, -0.1) is 0 Å². The SMILES string of the molecule is CCCCC/C=C\C/C=C\CC(O)/C=C\C=C\CCCC(=O)OC[C@H](CO)OC(=O)CCCCCCCCCCCCCCCCC(C)CC. The molecule has 0 rings (SSSR count). The van der Waals surface area contributed by atoms with Crippen molar-refractivity contribution in [1.29, 1.82) is 0 Å². The zero-order valence-electron chi connectivity index (χ0n) is 32.7. The van der Waals surface area contributed by atoms with Gasteiger partial charge in [-0.25, -0.2) is 0 Å². The first-order valence-corrected chi connectivity index (χ1v) is 20.7. The predicted octanol–water partition coefficient (Wildman–Crippen LogP) is 11.8. The minimum absolute atomic E-state index is 0.125. The average Bonchev–Trinajstić information content (AvgIpc) is 3.11. The lowest BCUT2D eigenvalue weighted by Crippen LogP contribution is -2.28. The molecule has 290 valence electrons. The molecule has 6 heteroatoms. The van der Waals surface area contributed by atoms with Crippen LogP contribution in [-0.4, -0.2) is 47.6 Å². The van der Waals surface area contributed by atoms with Crippen LogP contribution in [0.4, 0.5) is 0 Å². The Morgan fingerprint density at radius 2 is 1.22 bits per heavy atom. The first-order chi connectivity index (χ1) is 24.4. The van der Waals surface area contributed by atoms with Crippen molar-refractivity contribution in [2.75, 3.05) is 13.2 Å². The molecule has 0 aliphatic rings. The third-order valence-electron chi connectivity index (χ3n) is 9.25. The Morgan fingerprint density at radius 3 is 1.84 bits per heavy atom. The Balaban J connectivity index is 3.71. The van der Waals surface area contributed by atoms with E-state index in [9.17, 15) is 19.8 Å². The molecular weight excluding hydrogens is 624 g/mol. The molecular formula is C44H78O6. The minimum atomic E-state index is -0.820. The van der Waals surface area contributed by atoms with E-state index < -0.39 is 12.2 Å². The Morgan fingerprint density at radius 1 is 0.640 bits per heavy atom. The first-order valence-electron chi connectivity index (χ1n) is 20.7. The van der Waals surface area contributed by atoms with Crippen molar-refractivity contribution in [2.45, 2.75) is 200 Å². The van der Waals surface area contributed by atoms with Gasteiger partial charge in [0.15, 0.2) is 6.10 Å². The highest BCUT2D eigenvalue weighted by atomic mass is 16.6. The van der Waals surface area contributed by atoms with Gasteiger partial charge in [-0.3, -0.25) is 9.59 Å². The van der Waals surface area contributed by atoms with Gasteiger partial charge in [0.1, 0.15) is 6.61 Å². The third-order valence-corrected chi connectivity index (χ3v) is 9.25. The molecule has 0 saturated carbocycles. The summed E-state index contributed by atoms with van der Waals surface area (Å²) in [4.78, 5) is 24.3. The quantitative estimate of drug-likeness (QED) is 0.0292. The molecule has 3 atom stereocenters. The third kappa shape index (κ3) is 35.6. The van der Waals surface area contributed by atoms with Gasteiger partial charge in [-0.1, -0.05) is 179 Å². The summed E-state index contributed by atoms with van der Waals surface area (Å²) in [5.41, 5.74) is 0. The highest BCUT2D eigenvalue weighted by Gasteiger charge is 2.16. The number of carbonyl (C=O) groups excluding carboxylic acids is 2. The number of aliphatic hydroxyl groups excluding tert-OH is 2. The summed E-state index contributed by atoms with van der Waals surface area (Å²) in [7, 11) is 0. The fraction of sp³-hybridized carbons (Fsp3) is 0.773. The maximum atomic E-state index is 12.2. The summed E-state index contributed by atoms with van der Waals surface area (Å²) in [6.45, 7) is 6.37. The smallest absolute Gasteiger partial charge is 0.306 e. The summed E-state index contributed by atoms with van der Waals surface area (Å²) >= 11 is 0. The van der Waals surface area contributed by atoms with Gasteiger partial charge in [0.25, 0.3) is 0 Å². The first kappa shape index (κ1) is 47.8. The van der Waals surface area contributed by atoms with Crippen LogP contribution in [0.25, 0.3) is 0 Å². The van der Waals surface area contributed by atoms with Gasteiger partial charge in [0.05, 0.1) is 12.7 Å². The molecule has 0 radical (unpaired) electrons. The highest BCUT2D eigenvalue weighted by Crippen LogP contribution is 2.16. The van der Waals surface area contributed by atoms with E-state index in [1.165, 1.54) is 103 Å². The molecule has 0 aliphatic heterocycles. The van der Waals surface area contributed by atoms with Crippen molar-refractivity contribution in [3.8, 4) is 0 Å². The maximum absolute atomic E-state index is 12.2. The number of allylic oxidation sites excluding steroid dienone is 6. The van der Waals surface area contributed by atoms with E-state index in [-0.39, 0.29) is 31.6 Å². The van der Waals surface area contributed by atoms with Crippen LogP contribution in [0.5, 0.6) is 0 Å². The zero-order chi connectivity index (χ0) is 36.8. The molecule has 2 N–H and O–H groups in total. The lowest BCUT2D eigenvalue weighted by Gasteiger charge is -2.15. The molecule has 0 heterocycles. The predicted molar refractivity (Wildman–Crippen MR) is 211 cm³/mol. The van der Waals surface area contributed by atoms with Crippen LogP contribution in [-0.2, 0) is 19.1 Å². The fourth-order valence-corrected chi connectivity index (χ4v) is 5.66. The topological polar surface area (TPSA) is 93.1 Å². The maximum Gasteiger partial charge on any atom is 0.306 e. The molecule has 6 nitrogen and oxygen atoms in total. The standard InChI is InChI=1S/C44H78O6/c1-4-6-7-8-9-16-20-24-29-34-41(46)35-30-25-22-27-31-36-43(47)49-39-42(38-45)50-44(48)37-32-26-21-18-15-13-11-10-12-14-17-19-23-28-33-40(3)5-2/h9,16,22,24-25,29-30,35,40-42,45-46H,4-8,10-15,17-21,23,26-28,31-34,36-39H2,1-3H3/b16-9-,25-22+,29-24-,35-30-/t40?,41?,42-/m0/s1. The van der Waals surface area contributed by atoms with Crippen LogP contribution in [0.3, 0.4) is 0 Å². The number of esters is 2. The van der Waals surface area contributed by atoms with E-state index in [1.54, 1.807) is 6.08 Å². The molecule has 2 unspecified atom stereocenters. The molecule has 0 spiro atoms. The lowest BCUT2D eigenvalue weighted by molar-refractivity contribution is -0.161. The second-order valence-electron chi connectivity index (χ2n) is 14.2. The van der Waals surface area contributed by atoms with Crippen LogP contribution in [0.2, 0.25) is 0 Å². The van der Waals surface area contributed by atoms with E-state index in [2.05, 4.69) is 39.0 Å². The molecule has 0 aromatic carbocycles. The van der Waals surface area contributed by atoms with E-state index in [0.29, 0.717) is 25.7 Å². The van der Waals surface area contributed by atoms with E-state index >= 15 is 0 Å². The molecule has 0 aromatic heterocycles. The second-order valence-corrected chi connectivity index (χ2v) is 14.2. The van der Waals surface area contributed by atoms with Crippen LogP contribution < -0.4 is 0 Å². The van der Waals surface area contributed by atoms with Crippen molar-refractivity contribution in [1.82, 2.24) is 0 Å². The van der Waals surface area contributed by atoms with Gasteiger partial charge < -0.3 is 19.7 Å². The summed E-state index contributed by atoms with van der Waals surface area (Å²) in [6, 6.07) is 0. The van der Waals surface area contributed by atoms with Crippen molar-refractivity contribution < 1.29 is 29.3 Å². The van der Waals surface area contributed by atoms with E-state index in [1.807, 2.05) is 24.3 Å².